The maximum Gasteiger partial charge on any atom is 0.303 e. The molecule has 0 heterocycles. The van der Waals surface area contributed by atoms with E-state index in [0.29, 0.717) is 0 Å². The minimum Gasteiger partial charge on any atom is -0.458 e. The van der Waals surface area contributed by atoms with Crippen molar-refractivity contribution in [2.45, 2.75) is 38.7 Å². The van der Waals surface area contributed by atoms with Crippen molar-refractivity contribution in [1.29, 1.82) is 0 Å². The molecule has 19 heavy (non-hydrogen) atoms. The van der Waals surface area contributed by atoms with Crippen molar-refractivity contribution in [3.8, 4) is 0 Å². The lowest BCUT2D eigenvalue weighted by Gasteiger charge is -2.23. The number of carbonyl (C=O) groups excluding carboxylic acids is 1. The number of ether oxygens (including phenoxy) is 1. The van der Waals surface area contributed by atoms with E-state index < -0.39 is 0 Å². The summed E-state index contributed by atoms with van der Waals surface area (Å²) in [6, 6.07) is 10.2. The van der Waals surface area contributed by atoms with Crippen LogP contribution in [0.15, 0.2) is 48.1 Å². The molecule has 0 fully saturated rings. The number of allylic oxidation sites excluding steroid dienone is 2. The molecule has 0 aliphatic heterocycles. The monoisotopic (exact) mass is 256 g/mol. The van der Waals surface area contributed by atoms with Gasteiger partial charge in [0, 0.05) is 6.92 Å². The molecule has 2 nitrogen and oxygen atoms in total. The Morgan fingerprint density at radius 2 is 2.16 bits per heavy atom. The smallest absolute Gasteiger partial charge is 0.303 e. The minimum absolute atomic E-state index is 0.0216. The lowest BCUT2D eigenvalue weighted by Crippen LogP contribution is -2.21. The Labute approximate surface area is 114 Å². The van der Waals surface area contributed by atoms with Gasteiger partial charge in [-0.3, -0.25) is 4.79 Å². The third kappa shape index (κ3) is 4.40. The number of rotatable bonds is 4. The first-order chi connectivity index (χ1) is 9.25. The van der Waals surface area contributed by atoms with E-state index in [2.05, 4.69) is 30.4 Å². The molecule has 2 heteroatoms. The molecular formula is C17H20O2. The highest BCUT2D eigenvalue weighted by Crippen LogP contribution is 2.24. The van der Waals surface area contributed by atoms with Crippen LogP contribution in [0.2, 0.25) is 0 Å². The van der Waals surface area contributed by atoms with E-state index in [-0.39, 0.29) is 12.1 Å². The highest BCUT2D eigenvalue weighted by Gasteiger charge is 2.19. The van der Waals surface area contributed by atoms with Gasteiger partial charge in [-0.1, -0.05) is 48.6 Å². The van der Waals surface area contributed by atoms with Crippen LogP contribution in [0.4, 0.5) is 0 Å². The number of hydrogen-bond acceptors (Lipinski definition) is 2. The van der Waals surface area contributed by atoms with E-state index in [9.17, 15) is 4.79 Å². The first kappa shape index (κ1) is 13.6. The van der Waals surface area contributed by atoms with Crippen molar-refractivity contribution in [3.63, 3.8) is 0 Å². The standard InChI is InChI=1S/C17H20O2/c1-14(18)19-17-13-6-5-11-16(17)12-7-10-15-8-3-2-4-9-15/h2-4,7-11,17H,5-6,12-13H2,1H3/b10-7+. The molecule has 1 aromatic rings. The molecule has 0 aromatic heterocycles. The molecule has 0 bridgehead atoms. The van der Waals surface area contributed by atoms with Crippen LogP contribution in [-0.2, 0) is 9.53 Å². The molecule has 100 valence electrons. The van der Waals surface area contributed by atoms with Gasteiger partial charge in [-0.15, -0.1) is 0 Å². The van der Waals surface area contributed by atoms with Gasteiger partial charge >= 0.3 is 5.97 Å². The molecule has 0 saturated heterocycles. The van der Waals surface area contributed by atoms with Gasteiger partial charge in [-0.2, -0.15) is 0 Å². The predicted octanol–water partition coefficient (Wildman–Crippen LogP) is 4.13. The minimum atomic E-state index is -0.190. The van der Waals surface area contributed by atoms with Gasteiger partial charge in [0.2, 0.25) is 0 Å². The average molecular weight is 256 g/mol. The maximum atomic E-state index is 11.1. The molecule has 1 aliphatic rings. The van der Waals surface area contributed by atoms with Crippen LogP contribution in [0.25, 0.3) is 6.08 Å². The van der Waals surface area contributed by atoms with Crippen LogP contribution in [0.1, 0.15) is 38.2 Å². The third-order valence-electron chi connectivity index (χ3n) is 3.26. The van der Waals surface area contributed by atoms with Gasteiger partial charge < -0.3 is 4.74 Å². The Hall–Kier alpha value is -1.83. The van der Waals surface area contributed by atoms with Crippen molar-refractivity contribution in [1.82, 2.24) is 0 Å². The highest BCUT2D eigenvalue weighted by atomic mass is 16.5. The quantitative estimate of drug-likeness (QED) is 0.598. The molecule has 0 spiro atoms. The van der Waals surface area contributed by atoms with E-state index in [0.717, 1.165) is 25.7 Å². The molecule has 1 aliphatic carbocycles. The Bertz CT molecular complexity index is 471. The van der Waals surface area contributed by atoms with E-state index in [1.807, 2.05) is 18.2 Å². The predicted molar refractivity (Wildman–Crippen MR) is 77.6 cm³/mol. The number of hydrogen-bond donors (Lipinski definition) is 0. The molecule has 0 saturated carbocycles. The van der Waals surface area contributed by atoms with Crippen LogP contribution >= 0.6 is 0 Å². The highest BCUT2D eigenvalue weighted by molar-refractivity contribution is 5.66. The van der Waals surface area contributed by atoms with Gasteiger partial charge in [0.15, 0.2) is 0 Å². The molecule has 1 atom stereocenters. The number of carbonyl (C=O) groups is 1. The third-order valence-corrected chi connectivity index (χ3v) is 3.26. The summed E-state index contributed by atoms with van der Waals surface area (Å²) >= 11 is 0. The summed E-state index contributed by atoms with van der Waals surface area (Å²) < 4.78 is 5.37. The second kappa shape index (κ2) is 6.93. The molecule has 2 rings (SSSR count). The normalized spacial score (nSPS) is 19.2. The molecule has 1 unspecified atom stereocenters. The van der Waals surface area contributed by atoms with Crippen LogP contribution in [0.5, 0.6) is 0 Å². The van der Waals surface area contributed by atoms with Crippen LogP contribution in [0, 0.1) is 0 Å². The molecule has 0 N–H and O–H groups in total. The second-order valence-electron chi connectivity index (χ2n) is 4.83. The summed E-state index contributed by atoms with van der Waals surface area (Å²) in [5, 5.41) is 0. The fourth-order valence-corrected chi connectivity index (χ4v) is 2.35. The van der Waals surface area contributed by atoms with Crippen molar-refractivity contribution >= 4 is 12.0 Å². The Balaban J connectivity index is 1.95. The van der Waals surface area contributed by atoms with E-state index in [1.165, 1.54) is 18.1 Å². The van der Waals surface area contributed by atoms with Crippen molar-refractivity contribution in [3.05, 3.63) is 53.6 Å². The van der Waals surface area contributed by atoms with E-state index >= 15 is 0 Å². The fourth-order valence-electron chi connectivity index (χ4n) is 2.35. The average Bonchev–Trinajstić information content (AvgIpc) is 2.41. The maximum absolute atomic E-state index is 11.1. The SMILES string of the molecule is CC(=O)OC1CCCC=C1C/C=C/c1ccccc1. The summed E-state index contributed by atoms with van der Waals surface area (Å²) in [4.78, 5) is 11.1. The summed E-state index contributed by atoms with van der Waals surface area (Å²) in [5.41, 5.74) is 2.43. The summed E-state index contributed by atoms with van der Waals surface area (Å²) in [6.45, 7) is 1.48. The summed E-state index contributed by atoms with van der Waals surface area (Å²) in [6.07, 6.45) is 10.4. The molecule has 0 radical (unpaired) electrons. The van der Waals surface area contributed by atoms with Crippen molar-refractivity contribution < 1.29 is 9.53 Å². The van der Waals surface area contributed by atoms with Crippen molar-refractivity contribution in [2.75, 3.05) is 0 Å². The lowest BCUT2D eigenvalue weighted by atomic mass is 9.93. The van der Waals surface area contributed by atoms with E-state index in [4.69, 9.17) is 4.74 Å². The Kier molecular flexibility index (Phi) is 4.96. The van der Waals surface area contributed by atoms with Gasteiger partial charge in [-0.05, 0) is 36.8 Å². The van der Waals surface area contributed by atoms with Gasteiger partial charge in [0.05, 0.1) is 0 Å². The fraction of sp³-hybridized carbons (Fsp3) is 0.353. The van der Waals surface area contributed by atoms with Crippen LogP contribution < -0.4 is 0 Å². The lowest BCUT2D eigenvalue weighted by molar-refractivity contribution is -0.145. The zero-order valence-corrected chi connectivity index (χ0v) is 11.3. The Morgan fingerprint density at radius 3 is 2.89 bits per heavy atom. The van der Waals surface area contributed by atoms with Crippen LogP contribution in [0.3, 0.4) is 0 Å². The number of esters is 1. The molecular weight excluding hydrogens is 236 g/mol. The topological polar surface area (TPSA) is 26.3 Å². The number of benzene rings is 1. The summed E-state index contributed by atoms with van der Waals surface area (Å²) in [5.74, 6) is -0.190. The Morgan fingerprint density at radius 1 is 1.37 bits per heavy atom. The largest absolute Gasteiger partial charge is 0.458 e. The van der Waals surface area contributed by atoms with Crippen LogP contribution in [-0.4, -0.2) is 12.1 Å². The zero-order chi connectivity index (χ0) is 13.5. The van der Waals surface area contributed by atoms with Gasteiger partial charge in [0.1, 0.15) is 6.10 Å². The van der Waals surface area contributed by atoms with E-state index in [1.54, 1.807) is 0 Å². The molecule has 1 aromatic carbocycles. The van der Waals surface area contributed by atoms with Crippen molar-refractivity contribution in [2.24, 2.45) is 0 Å². The first-order valence-electron chi connectivity index (χ1n) is 6.83. The molecule has 0 amide bonds. The second-order valence-corrected chi connectivity index (χ2v) is 4.83. The van der Waals surface area contributed by atoms with Gasteiger partial charge in [0.25, 0.3) is 0 Å². The zero-order valence-electron chi connectivity index (χ0n) is 11.3. The summed E-state index contributed by atoms with van der Waals surface area (Å²) in [7, 11) is 0. The first-order valence-corrected chi connectivity index (χ1v) is 6.83. The van der Waals surface area contributed by atoms with Gasteiger partial charge in [-0.25, -0.2) is 0 Å².